The molecule has 0 saturated heterocycles. The van der Waals surface area contributed by atoms with Gasteiger partial charge >= 0.3 is 0 Å². The molecular formula is C15H23N3O4S. The van der Waals surface area contributed by atoms with Crippen molar-refractivity contribution in [3.05, 3.63) is 30.1 Å². The van der Waals surface area contributed by atoms with Crippen LogP contribution < -0.4 is 10.0 Å². The van der Waals surface area contributed by atoms with Crippen LogP contribution in [0.25, 0.3) is 0 Å². The number of aliphatic hydroxyl groups is 1. The summed E-state index contributed by atoms with van der Waals surface area (Å²) in [5, 5.41) is 12.4. The first-order valence-corrected chi connectivity index (χ1v) is 9.54. The highest BCUT2D eigenvalue weighted by molar-refractivity contribution is 7.88. The Morgan fingerprint density at radius 3 is 2.74 bits per heavy atom. The number of aromatic nitrogens is 1. The Bertz CT molecular complexity index is 615. The van der Waals surface area contributed by atoms with E-state index in [1.165, 1.54) is 0 Å². The molecular weight excluding hydrogens is 318 g/mol. The number of hydrogen-bond donors (Lipinski definition) is 3. The van der Waals surface area contributed by atoms with Crippen LogP contribution in [-0.4, -0.2) is 49.4 Å². The smallest absolute Gasteiger partial charge is 0.221 e. The predicted octanol–water partition coefficient (Wildman–Crippen LogP) is -0.181. The SMILES string of the molecule is CS(=O)(=O)NCCC(=O)NC(Cc1ccccn1)C1CC(O)C1. The topological polar surface area (TPSA) is 108 Å². The number of carbonyl (C=O) groups excluding carboxylic acids is 1. The average Bonchev–Trinajstić information content (AvgIpc) is 2.43. The van der Waals surface area contributed by atoms with Crippen LogP contribution in [0, 0.1) is 5.92 Å². The Balaban J connectivity index is 1.88. The van der Waals surface area contributed by atoms with Crippen LogP contribution in [-0.2, 0) is 21.2 Å². The van der Waals surface area contributed by atoms with Crippen LogP contribution in [0.5, 0.6) is 0 Å². The number of hydrogen-bond acceptors (Lipinski definition) is 5. The Hall–Kier alpha value is -1.51. The molecule has 1 aromatic rings. The van der Waals surface area contributed by atoms with Gasteiger partial charge < -0.3 is 10.4 Å². The van der Waals surface area contributed by atoms with Crippen molar-refractivity contribution in [2.75, 3.05) is 12.8 Å². The van der Waals surface area contributed by atoms with Gasteiger partial charge in [-0.25, -0.2) is 13.1 Å². The highest BCUT2D eigenvalue weighted by atomic mass is 32.2. The monoisotopic (exact) mass is 341 g/mol. The summed E-state index contributed by atoms with van der Waals surface area (Å²) in [7, 11) is -3.29. The van der Waals surface area contributed by atoms with E-state index in [4.69, 9.17) is 0 Å². The van der Waals surface area contributed by atoms with Crippen molar-refractivity contribution in [1.29, 1.82) is 0 Å². The lowest BCUT2D eigenvalue weighted by Gasteiger charge is -2.38. The lowest BCUT2D eigenvalue weighted by Crippen LogP contribution is -2.48. The maximum Gasteiger partial charge on any atom is 0.221 e. The summed E-state index contributed by atoms with van der Waals surface area (Å²) in [6.07, 6.45) is 4.49. The van der Waals surface area contributed by atoms with Gasteiger partial charge in [-0.15, -0.1) is 0 Å². The highest BCUT2D eigenvalue weighted by Crippen LogP contribution is 2.31. The van der Waals surface area contributed by atoms with E-state index in [0.29, 0.717) is 19.3 Å². The van der Waals surface area contributed by atoms with Gasteiger partial charge in [-0.05, 0) is 30.9 Å². The van der Waals surface area contributed by atoms with Crippen molar-refractivity contribution in [1.82, 2.24) is 15.0 Å². The van der Waals surface area contributed by atoms with Gasteiger partial charge in [-0.1, -0.05) is 6.07 Å². The second-order valence-corrected chi connectivity index (χ2v) is 7.83. The molecule has 1 fully saturated rings. The third-order valence-corrected chi connectivity index (χ3v) is 4.67. The van der Waals surface area contributed by atoms with Crippen molar-refractivity contribution in [3.63, 3.8) is 0 Å². The van der Waals surface area contributed by atoms with Crippen molar-refractivity contribution in [2.45, 2.75) is 37.8 Å². The molecule has 1 amide bonds. The van der Waals surface area contributed by atoms with E-state index in [-0.39, 0.29) is 36.9 Å². The molecule has 1 aromatic heterocycles. The molecule has 1 unspecified atom stereocenters. The number of carbonyl (C=O) groups is 1. The summed E-state index contributed by atoms with van der Waals surface area (Å²) < 4.78 is 24.3. The summed E-state index contributed by atoms with van der Waals surface area (Å²) in [5.74, 6) is 0.0160. The summed E-state index contributed by atoms with van der Waals surface area (Å²) in [6.45, 7) is 0.0776. The molecule has 23 heavy (non-hydrogen) atoms. The van der Waals surface area contributed by atoms with Crippen LogP contribution in [0.4, 0.5) is 0 Å². The number of rotatable bonds is 8. The van der Waals surface area contributed by atoms with E-state index in [1.807, 2.05) is 18.2 Å². The zero-order valence-electron chi connectivity index (χ0n) is 13.1. The third-order valence-electron chi connectivity index (χ3n) is 3.94. The normalized spacial score (nSPS) is 22.2. The summed E-state index contributed by atoms with van der Waals surface area (Å²) in [4.78, 5) is 16.3. The number of sulfonamides is 1. The standard InChI is InChI=1S/C15H23N3O4S/c1-23(21,22)17-7-5-15(20)18-14(11-8-13(19)9-11)10-12-4-2-3-6-16-12/h2-4,6,11,13-14,17,19H,5,7-10H2,1H3,(H,18,20). The van der Waals surface area contributed by atoms with E-state index >= 15 is 0 Å². The molecule has 3 N–H and O–H groups in total. The first kappa shape index (κ1) is 17.8. The van der Waals surface area contributed by atoms with Crippen LogP contribution in [0.3, 0.4) is 0 Å². The quantitative estimate of drug-likeness (QED) is 0.608. The molecule has 1 heterocycles. The molecule has 0 aromatic carbocycles. The van der Waals surface area contributed by atoms with Crippen molar-refractivity contribution >= 4 is 15.9 Å². The molecule has 2 rings (SSSR count). The third kappa shape index (κ3) is 6.25. The number of amides is 1. The minimum Gasteiger partial charge on any atom is -0.393 e. The van der Waals surface area contributed by atoms with E-state index in [2.05, 4.69) is 15.0 Å². The first-order valence-electron chi connectivity index (χ1n) is 7.65. The molecule has 1 aliphatic carbocycles. The molecule has 8 heteroatoms. The van der Waals surface area contributed by atoms with Gasteiger partial charge in [0.05, 0.1) is 12.4 Å². The van der Waals surface area contributed by atoms with Gasteiger partial charge in [-0.2, -0.15) is 0 Å². The van der Waals surface area contributed by atoms with Crippen LogP contribution >= 0.6 is 0 Å². The number of nitrogens with one attached hydrogen (secondary N) is 2. The van der Waals surface area contributed by atoms with Gasteiger partial charge in [0.1, 0.15) is 0 Å². The fourth-order valence-corrected chi connectivity index (χ4v) is 3.14. The van der Waals surface area contributed by atoms with Crippen LogP contribution in [0.15, 0.2) is 24.4 Å². The average molecular weight is 341 g/mol. The van der Waals surface area contributed by atoms with Gasteiger partial charge in [0.15, 0.2) is 0 Å². The first-order chi connectivity index (χ1) is 10.8. The zero-order valence-corrected chi connectivity index (χ0v) is 13.9. The Morgan fingerprint density at radius 1 is 1.43 bits per heavy atom. The summed E-state index contributed by atoms with van der Waals surface area (Å²) in [5.41, 5.74) is 0.883. The number of aliphatic hydroxyl groups excluding tert-OH is 1. The van der Waals surface area contributed by atoms with Crippen LogP contribution in [0.2, 0.25) is 0 Å². The van der Waals surface area contributed by atoms with Gasteiger partial charge in [-0.3, -0.25) is 9.78 Å². The number of nitrogens with zero attached hydrogens (tertiary/aromatic N) is 1. The molecule has 128 valence electrons. The minimum absolute atomic E-state index is 0.0776. The zero-order chi connectivity index (χ0) is 16.9. The number of pyridine rings is 1. The van der Waals surface area contributed by atoms with Gasteiger partial charge in [0.25, 0.3) is 0 Å². The molecule has 7 nitrogen and oxygen atoms in total. The van der Waals surface area contributed by atoms with Gasteiger partial charge in [0, 0.05) is 37.3 Å². The van der Waals surface area contributed by atoms with E-state index in [0.717, 1.165) is 11.9 Å². The van der Waals surface area contributed by atoms with Crippen molar-refractivity contribution < 1.29 is 18.3 Å². The van der Waals surface area contributed by atoms with Crippen LogP contribution in [0.1, 0.15) is 25.0 Å². The largest absolute Gasteiger partial charge is 0.393 e. The molecule has 0 bridgehead atoms. The maximum absolute atomic E-state index is 12.0. The Kier molecular flexibility index (Phi) is 6.09. The van der Waals surface area contributed by atoms with E-state index in [9.17, 15) is 18.3 Å². The Labute approximate surface area is 136 Å². The van der Waals surface area contributed by atoms with Crippen molar-refractivity contribution in [3.8, 4) is 0 Å². The van der Waals surface area contributed by atoms with E-state index in [1.54, 1.807) is 6.20 Å². The molecule has 0 radical (unpaired) electrons. The Morgan fingerprint density at radius 2 is 2.17 bits per heavy atom. The lowest BCUT2D eigenvalue weighted by atomic mass is 9.76. The lowest BCUT2D eigenvalue weighted by molar-refractivity contribution is -0.122. The fraction of sp³-hybridized carbons (Fsp3) is 0.600. The molecule has 1 atom stereocenters. The fourth-order valence-electron chi connectivity index (χ4n) is 2.67. The highest BCUT2D eigenvalue weighted by Gasteiger charge is 2.34. The molecule has 1 aliphatic rings. The van der Waals surface area contributed by atoms with Gasteiger partial charge in [0.2, 0.25) is 15.9 Å². The molecule has 0 spiro atoms. The summed E-state index contributed by atoms with van der Waals surface area (Å²) >= 11 is 0. The van der Waals surface area contributed by atoms with E-state index < -0.39 is 10.0 Å². The minimum atomic E-state index is -3.29. The predicted molar refractivity (Wildman–Crippen MR) is 86.1 cm³/mol. The second kappa shape index (κ2) is 7.85. The second-order valence-electron chi connectivity index (χ2n) is 6.00. The summed E-state index contributed by atoms with van der Waals surface area (Å²) in [6, 6.07) is 5.53. The maximum atomic E-state index is 12.0. The van der Waals surface area contributed by atoms with Crippen molar-refractivity contribution in [2.24, 2.45) is 5.92 Å². The molecule has 0 aliphatic heterocycles. The molecule has 1 saturated carbocycles.